The maximum Gasteiger partial charge on any atom is 0.223 e. The Morgan fingerprint density at radius 1 is 1.36 bits per heavy atom. The van der Waals surface area contributed by atoms with E-state index in [9.17, 15) is 4.79 Å². The molecule has 134 valence electrons. The van der Waals surface area contributed by atoms with Crippen LogP contribution in [-0.2, 0) is 17.8 Å². The number of likely N-dealkylation sites (tertiary alicyclic amines) is 1. The summed E-state index contributed by atoms with van der Waals surface area (Å²) >= 11 is 0. The average Bonchev–Trinajstić information content (AvgIpc) is 3.23. The molecule has 25 heavy (non-hydrogen) atoms. The normalized spacial score (nSPS) is 17.0. The van der Waals surface area contributed by atoms with Gasteiger partial charge in [0, 0.05) is 19.2 Å². The molecule has 1 amide bonds. The first-order chi connectivity index (χ1) is 12.2. The summed E-state index contributed by atoms with van der Waals surface area (Å²) in [7, 11) is 0. The first-order valence-corrected chi connectivity index (χ1v) is 9.16. The third-order valence-electron chi connectivity index (χ3n) is 4.74. The molecule has 1 aromatic heterocycles. The molecule has 2 heterocycles. The fourth-order valence-corrected chi connectivity index (χ4v) is 3.53. The van der Waals surface area contributed by atoms with E-state index in [0.29, 0.717) is 13.0 Å². The molecule has 1 fully saturated rings. The van der Waals surface area contributed by atoms with Crippen molar-refractivity contribution in [1.82, 2.24) is 14.7 Å². The van der Waals surface area contributed by atoms with Crippen LogP contribution in [0.25, 0.3) is 0 Å². The number of carbonyl (C=O) groups excluding carboxylic acids is 1. The van der Waals surface area contributed by atoms with Gasteiger partial charge in [-0.05, 0) is 50.3 Å². The van der Waals surface area contributed by atoms with Crippen molar-refractivity contribution in [3.05, 3.63) is 47.8 Å². The molecule has 0 radical (unpaired) electrons. The van der Waals surface area contributed by atoms with Crippen molar-refractivity contribution in [3.8, 4) is 5.75 Å². The van der Waals surface area contributed by atoms with Crippen LogP contribution in [0.3, 0.4) is 0 Å². The molecule has 0 bridgehead atoms. The van der Waals surface area contributed by atoms with Gasteiger partial charge in [-0.3, -0.25) is 9.48 Å². The van der Waals surface area contributed by atoms with E-state index in [-0.39, 0.29) is 11.9 Å². The highest BCUT2D eigenvalue weighted by Crippen LogP contribution is 2.23. The second-order valence-electron chi connectivity index (χ2n) is 6.66. The molecular weight excluding hydrogens is 314 g/mol. The molecule has 3 rings (SSSR count). The fourth-order valence-electron chi connectivity index (χ4n) is 3.53. The highest BCUT2D eigenvalue weighted by molar-refractivity contribution is 5.77. The molecule has 1 aliphatic heterocycles. The second kappa shape index (κ2) is 8.19. The molecular formula is C20H27N3O2. The zero-order chi connectivity index (χ0) is 17.6. The van der Waals surface area contributed by atoms with E-state index in [1.807, 2.05) is 60.1 Å². The molecule has 0 unspecified atom stereocenters. The molecule has 1 aromatic carbocycles. The minimum atomic E-state index is 0.234. The number of ether oxygens (including phenoxy) is 1. The van der Waals surface area contributed by atoms with Crippen LogP contribution in [0.15, 0.2) is 36.7 Å². The Kier molecular flexibility index (Phi) is 5.74. The Morgan fingerprint density at radius 2 is 2.20 bits per heavy atom. The van der Waals surface area contributed by atoms with Crippen molar-refractivity contribution in [2.24, 2.45) is 0 Å². The molecule has 5 nitrogen and oxygen atoms in total. The van der Waals surface area contributed by atoms with Crippen LogP contribution in [0.5, 0.6) is 5.75 Å². The number of rotatable bonds is 7. The third-order valence-corrected chi connectivity index (χ3v) is 4.74. The van der Waals surface area contributed by atoms with Gasteiger partial charge in [-0.2, -0.15) is 5.10 Å². The van der Waals surface area contributed by atoms with Crippen LogP contribution >= 0.6 is 0 Å². The molecule has 0 N–H and O–H groups in total. The quantitative estimate of drug-likeness (QED) is 0.777. The van der Waals surface area contributed by atoms with Gasteiger partial charge in [-0.25, -0.2) is 0 Å². The predicted octanol–water partition coefficient (Wildman–Crippen LogP) is 3.21. The van der Waals surface area contributed by atoms with E-state index in [2.05, 4.69) is 5.10 Å². The van der Waals surface area contributed by atoms with Crippen molar-refractivity contribution >= 4 is 5.91 Å². The minimum Gasteiger partial charge on any atom is -0.494 e. The standard InChI is InChI=1S/C20H27N3O2/c1-3-25-19-9-5-4-7-17(19)10-11-20(24)23-12-6-8-18(23)15-22-14-16(2)13-21-22/h4-5,7,9,13-14,18H,3,6,8,10-12,15H2,1-2H3/t18-/m0/s1. The van der Waals surface area contributed by atoms with Crippen molar-refractivity contribution in [1.29, 1.82) is 0 Å². The summed E-state index contributed by atoms with van der Waals surface area (Å²) in [5.41, 5.74) is 2.26. The molecule has 1 atom stereocenters. The number of nitrogens with zero attached hydrogens (tertiary/aromatic N) is 3. The number of aryl methyl sites for hydroxylation is 2. The molecule has 1 saturated heterocycles. The number of amides is 1. The summed E-state index contributed by atoms with van der Waals surface area (Å²) in [4.78, 5) is 14.8. The Morgan fingerprint density at radius 3 is 2.96 bits per heavy atom. The summed E-state index contributed by atoms with van der Waals surface area (Å²) < 4.78 is 7.62. The smallest absolute Gasteiger partial charge is 0.223 e. The monoisotopic (exact) mass is 341 g/mol. The van der Waals surface area contributed by atoms with Crippen molar-refractivity contribution in [3.63, 3.8) is 0 Å². The van der Waals surface area contributed by atoms with Gasteiger partial charge in [-0.15, -0.1) is 0 Å². The van der Waals surface area contributed by atoms with Gasteiger partial charge in [-0.1, -0.05) is 18.2 Å². The molecule has 0 spiro atoms. The number of carbonyl (C=O) groups is 1. The number of hydrogen-bond acceptors (Lipinski definition) is 3. The summed E-state index contributed by atoms with van der Waals surface area (Å²) in [6, 6.07) is 8.25. The van der Waals surface area contributed by atoms with E-state index < -0.39 is 0 Å². The molecule has 0 aliphatic carbocycles. The average molecular weight is 341 g/mol. The number of aromatic nitrogens is 2. The van der Waals surface area contributed by atoms with Gasteiger partial charge in [0.2, 0.25) is 5.91 Å². The van der Waals surface area contributed by atoms with Crippen molar-refractivity contribution < 1.29 is 9.53 Å². The zero-order valence-electron chi connectivity index (χ0n) is 15.1. The molecule has 1 aliphatic rings. The van der Waals surface area contributed by atoms with Crippen molar-refractivity contribution in [2.45, 2.75) is 52.1 Å². The van der Waals surface area contributed by atoms with Gasteiger partial charge in [0.15, 0.2) is 0 Å². The lowest BCUT2D eigenvalue weighted by molar-refractivity contribution is -0.132. The first kappa shape index (κ1) is 17.5. The van der Waals surface area contributed by atoms with Gasteiger partial charge >= 0.3 is 0 Å². The summed E-state index contributed by atoms with van der Waals surface area (Å²) in [5, 5.41) is 4.36. The van der Waals surface area contributed by atoms with Crippen LogP contribution in [0.4, 0.5) is 0 Å². The SMILES string of the molecule is CCOc1ccccc1CCC(=O)N1CCC[C@H]1Cn1cc(C)cn1. The van der Waals surface area contributed by atoms with E-state index in [0.717, 1.165) is 49.2 Å². The Balaban J connectivity index is 1.58. The van der Waals surface area contributed by atoms with E-state index in [4.69, 9.17) is 4.74 Å². The molecule has 5 heteroatoms. The van der Waals surface area contributed by atoms with Gasteiger partial charge in [0.25, 0.3) is 0 Å². The summed E-state index contributed by atoms with van der Waals surface area (Å²) in [6.07, 6.45) is 7.29. The second-order valence-corrected chi connectivity index (χ2v) is 6.66. The largest absolute Gasteiger partial charge is 0.494 e. The topological polar surface area (TPSA) is 47.4 Å². The van der Waals surface area contributed by atoms with E-state index in [1.165, 1.54) is 0 Å². The van der Waals surface area contributed by atoms with E-state index >= 15 is 0 Å². The lowest BCUT2D eigenvalue weighted by atomic mass is 10.1. The van der Waals surface area contributed by atoms with Gasteiger partial charge in [0.1, 0.15) is 5.75 Å². The highest BCUT2D eigenvalue weighted by Gasteiger charge is 2.28. The Hall–Kier alpha value is -2.30. The minimum absolute atomic E-state index is 0.234. The molecule has 2 aromatic rings. The number of para-hydroxylation sites is 1. The fraction of sp³-hybridized carbons (Fsp3) is 0.500. The van der Waals surface area contributed by atoms with Gasteiger partial charge < -0.3 is 9.64 Å². The van der Waals surface area contributed by atoms with Crippen LogP contribution in [-0.4, -0.2) is 39.8 Å². The van der Waals surface area contributed by atoms with Crippen LogP contribution < -0.4 is 4.74 Å². The van der Waals surface area contributed by atoms with E-state index in [1.54, 1.807) is 0 Å². The number of hydrogen-bond donors (Lipinski definition) is 0. The van der Waals surface area contributed by atoms with Crippen LogP contribution in [0.1, 0.15) is 37.3 Å². The maximum atomic E-state index is 12.7. The highest BCUT2D eigenvalue weighted by atomic mass is 16.5. The van der Waals surface area contributed by atoms with Crippen LogP contribution in [0.2, 0.25) is 0 Å². The Labute approximate surface area is 149 Å². The maximum absolute atomic E-state index is 12.7. The lowest BCUT2D eigenvalue weighted by Crippen LogP contribution is -2.38. The summed E-state index contributed by atoms with van der Waals surface area (Å²) in [5.74, 6) is 1.13. The lowest BCUT2D eigenvalue weighted by Gasteiger charge is -2.25. The number of benzene rings is 1. The zero-order valence-corrected chi connectivity index (χ0v) is 15.1. The van der Waals surface area contributed by atoms with Crippen molar-refractivity contribution in [2.75, 3.05) is 13.2 Å². The third kappa shape index (κ3) is 4.41. The predicted molar refractivity (Wildman–Crippen MR) is 97.6 cm³/mol. The molecule has 0 saturated carbocycles. The first-order valence-electron chi connectivity index (χ1n) is 9.16. The van der Waals surface area contributed by atoms with Crippen LogP contribution in [0, 0.1) is 6.92 Å². The summed E-state index contributed by atoms with van der Waals surface area (Å²) in [6.45, 7) is 6.30. The Bertz CT molecular complexity index is 710. The van der Waals surface area contributed by atoms with Gasteiger partial charge in [0.05, 0.1) is 25.4 Å².